The number of amides is 1. The number of nitrogens with zero attached hydrogens (tertiary/aromatic N) is 2. The van der Waals surface area contributed by atoms with Crippen LogP contribution in [0.15, 0.2) is 35.5 Å². The van der Waals surface area contributed by atoms with Crippen molar-refractivity contribution in [2.24, 2.45) is 0 Å². The molecule has 0 aliphatic carbocycles. The SMILES string of the molecule is COC(=O)C1=C(C(=O)OC)N(c2ccc(NC3CCN(C(=O)OC(C)(C)C)CC3)cc2)COC1. The molecular formula is C24H33N3O7. The monoisotopic (exact) mass is 475 g/mol. The summed E-state index contributed by atoms with van der Waals surface area (Å²) < 4.78 is 20.6. The molecule has 0 unspecified atom stereocenters. The molecule has 0 saturated carbocycles. The van der Waals surface area contributed by atoms with Crippen LogP contribution in [0.2, 0.25) is 0 Å². The number of carbonyl (C=O) groups is 3. The maximum Gasteiger partial charge on any atom is 0.410 e. The number of benzene rings is 1. The molecule has 10 heteroatoms. The minimum atomic E-state index is -0.638. The van der Waals surface area contributed by atoms with Crippen molar-refractivity contribution in [3.8, 4) is 0 Å². The van der Waals surface area contributed by atoms with Crippen LogP contribution in [-0.4, -0.2) is 75.2 Å². The number of hydrogen-bond donors (Lipinski definition) is 1. The van der Waals surface area contributed by atoms with Crippen LogP contribution in [0.5, 0.6) is 0 Å². The van der Waals surface area contributed by atoms with Crippen molar-refractivity contribution in [2.45, 2.75) is 45.3 Å². The first-order valence-electron chi connectivity index (χ1n) is 11.2. The molecule has 3 rings (SSSR count). The van der Waals surface area contributed by atoms with E-state index in [0.29, 0.717) is 18.8 Å². The number of nitrogens with one attached hydrogen (secondary N) is 1. The number of likely N-dealkylation sites (tertiary alicyclic amines) is 1. The van der Waals surface area contributed by atoms with Crippen molar-refractivity contribution in [1.29, 1.82) is 0 Å². The molecule has 0 radical (unpaired) electrons. The number of anilines is 2. The molecule has 1 N–H and O–H groups in total. The second-order valence-corrected chi connectivity index (χ2v) is 9.15. The molecule has 1 fully saturated rings. The Hall–Kier alpha value is -3.27. The zero-order chi connectivity index (χ0) is 24.9. The fraction of sp³-hybridized carbons (Fsp3) is 0.542. The predicted molar refractivity (Wildman–Crippen MR) is 125 cm³/mol. The lowest BCUT2D eigenvalue weighted by atomic mass is 10.0. The van der Waals surface area contributed by atoms with E-state index in [1.165, 1.54) is 14.2 Å². The number of carbonyl (C=O) groups excluding carboxylic acids is 3. The molecule has 0 atom stereocenters. The fourth-order valence-electron chi connectivity index (χ4n) is 3.85. The van der Waals surface area contributed by atoms with Gasteiger partial charge in [0.15, 0.2) is 0 Å². The van der Waals surface area contributed by atoms with Gasteiger partial charge < -0.3 is 34.1 Å². The molecule has 0 aromatic heterocycles. The lowest BCUT2D eigenvalue weighted by Crippen LogP contribution is -2.44. The minimum absolute atomic E-state index is 0.0325. The van der Waals surface area contributed by atoms with Crippen molar-refractivity contribution < 1.29 is 33.3 Å². The third kappa shape index (κ3) is 6.19. The summed E-state index contributed by atoms with van der Waals surface area (Å²) in [5, 5.41) is 3.49. The number of methoxy groups -OCH3 is 2. The maximum absolute atomic E-state index is 12.4. The molecule has 1 aromatic rings. The number of hydrogen-bond acceptors (Lipinski definition) is 9. The lowest BCUT2D eigenvalue weighted by Gasteiger charge is -2.34. The lowest BCUT2D eigenvalue weighted by molar-refractivity contribution is -0.140. The van der Waals surface area contributed by atoms with Gasteiger partial charge in [0.2, 0.25) is 0 Å². The molecule has 10 nitrogen and oxygen atoms in total. The van der Waals surface area contributed by atoms with Crippen LogP contribution < -0.4 is 10.2 Å². The van der Waals surface area contributed by atoms with Crippen LogP contribution in [-0.2, 0) is 28.5 Å². The quantitative estimate of drug-likeness (QED) is 0.508. The highest BCUT2D eigenvalue weighted by molar-refractivity contribution is 6.03. The fourth-order valence-corrected chi connectivity index (χ4v) is 3.85. The van der Waals surface area contributed by atoms with Crippen molar-refractivity contribution in [3.63, 3.8) is 0 Å². The third-order valence-electron chi connectivity index (χ3n) is 5.53. The van der Waals surface area contributed by atoms with Crippen molar-refractivity contribution in [1.82, 2.24) is 4.90 Å². The summed E-state index contributed by atoms with van der Waals surface area (Å²) in [4.78, 5) is 40.2. The van der Waals surface area contributed by atoms with Crippen LogP contribution in [0, 0.1) is 0 Å². The smallest absolute Gasteiger partial charge is 0.410 e. The highest BCUT2D eigenvalue weighted by Gasteiger charge is 2.32. The molecule has 1 aromatic carbocycles. The Morgan fingerprint density at radius 1 is 1.00 bits per heavy atom. The van der Waals surface area contributed by atoms with Gasteiger partial charge in [0.1, 0.15) is 18.0 Å². The Kier molecular flexibility index (Phi) is 8.03. The highest BCUT2D eigenvalue weighted by atomic mass is 16.6. The summed E-state index contributed by atoms with van der Waals surface area (Å²) in [7, 11) is 2.51. The first-order valence-corrected chi connectivity index (χ1v) is 11.2. The molecule has 2 aliphatic rings. The van der Waals surface area contributed by atoms with E-state index in [2.05, 4.69) is 5.32 Å². The normalized spacial score (nSPS) is 17.3. The molecule has 1 amide bonds. The van der Waals surface area contributed by atoms with Crippen LogP contribution >= 0.6 is 0 Å². The number of esters is 2. The van der Waals surface area contributed by atoms with Crippen molar-refractivity contribution in [2.75, 3.05) is 50.9 Å². The number of rotatable bonds is 5. The van der Waals surface area contributed by atoms with E-state index in [4.69, 9.17) is 18.9 Å². The molecule has 0 bridgehead atoms. The van der Waals surface area contributed by atoms with E-state index in [9.17, 15) is 14.4 Å². The maximum atomic E-state index is 12.4. The summed E-state index contributed by atoms with van der Waals surface area (Å²) in [5.41, 5.74) is 1.30. The second kappa shape index (κ2) is 10.8. The Bertz CT molecular complexity index is 929. The number of piperidine rings is 1. The standard InChI is InChI=1S/C24H33N3O7/c1-24(2,3)34-23(30)26-12-10-17(11-13-26)25-16-6-8-18(9-7-16)27-15-33-14-19(21(28)31-4)20(27)22(29)32-5/h6-9,17,25H,10-15H2,1-5H3. The minimum Gasteiger partial charge on any atom is -0.466 e. The molecule has 0 spiro atoms. The van der Waals surface area contributed by atoms with Crippen molar-refractivity contribution in [3.05, 3.63) is 35.5 Å². The third-order valence-corrected chi connectivity index (χ3v) is 5.53. The van der Waals surface area contributed by atoms with Crippen LogP contribution in [0.3, 0.4) is 0 Å². The van der Waals surface area contributed by atoms with Gasteiger partial charge in [-0.3, -0.25) is 0 Å². The van der Waals surface area contributed by atoms with Gasteiger partial charge in [0.05, 0.1) is 26.4 Å². The highest BCUT2D eigenvalue weighted by Crippen LogP contribution is 2.28. The van der Waals surface area contributed by atoms with E-state index >= 15 is 0 Å². The molecular weight excluding hydrogens is 442 g/mol. The summed E-state index contributed by atoms with van der Waals surface area (Å²) in [6, 6.07) is 7.70. The second-order valence-electron chi connectivity index (χ2n) is 9.15. The van der Waals surface area contributed by atoms with E-state index in [1.54, 1.807) is 9.80 Å². The largest absolute Gasteiger partial charge is 0.466 e. The molecule has 2 heterocycles. The molecule has 2 aliphatic heterocycles. The predicted octanol–water partition coefficient (Wildman–Crippen LogP) is 2.89. The van der Waals surface area contributed by atoms with E-state index in [0.717, 1.165) is 18.5 Å². The van der Waals surface area contributed by atoms with Gasteiger partial charge >= 0.3 is 18.0 Å². The zero-order valence-corrected chi connectivity index (χ0v) is 20.4. The zero-order valence-electron chi connectivity index (χ0n) is 20.4. The van der Waals surface area contributed by atoms with Gasteiger partial charge in [0.25, 0.3) is 0 Å². The van der Waals surface area contributed by atoms with E-state index < -0.39 is 17.5 Å². The van der Waals surface area contributed by atoms with Gasteiger partial charge in [-0.25, -0.2) is 14.4 Å². The summed E-state index contributed by atoms with van der Waals surface area (Å²) in [5.74, 6) is -1.27. The van der Waals surface area contributed by atoms with Gasteiger partial charge in [-0.2, -0.15) is 0 Å². The topological polar surface area (TPSA) is 107 Å². The Morgan fingerprint density at radius 3 is 2.18 bits per heavy atom. The van der Waals surface area contributed by atoms with Gasteiger partial charge in [0, 0.05) is 30.5 Å². The first kappa shape index (κ1) is 25.4. The summed E-state index contributed by atoms with van der Waals surface area (Å²) in [6.45, 7) is 6.89. The average Bonchev–Trinajstić information content (AvgIpc) is 2.82. The van der Waals surface area contributed by atoms with Gasteiger partial charge in [-0.15, -0.1) is 0 Å². The molecule has 186 valence electrons. The summed E-state index contributed by atoms with van der Waals surface area (Å²) in [6.07, 6.45) is 1.33. The summed E-state index contributed by atoms with van der Waals surface area (Å²) >= 11 is 0. The molecule has 1 saturated heterocycles. The molecule has 34 heavy (non-hydrogen) atoms. The van der Waals surface area contributed by atoms with Crippen LogP contribution in [0.1, 0.15) is 33.6 Å². The van der Waals surface area contributed by atoms with Gasteiger partial charge in [-0.1, -0.05) is 0 Å². The first-order chi connectivity index (χ1) is 16.1. The van der Waals surface area contributed by atoms with Crippen molar-refractivity contribution >= 4 is 29.4 Å². The Balaban J connectivity index is 1.65. The van der Waals surface area contributed by atoms with Crippen LogP contribution in [0.4, 0.5) is 16.2 Å². The van der Waals surface area contributed by atoms with Crippen LogP contribution in [0.25, 0.3) is 0 Å². The van der Waals surface area contributed by atoms with Gasteiger partial charge in [-0.05, 0) is 57.9 Å². The average molecular weight is 476 g/mol. The van der Waals surface area contributed by atoms with E-state index in [-0.39, 0.29) is 36.7 Å². The van der Waals surface area contributed by atoms with E-state index in [1.807, 2.05) is 45.0 Å². The Morgan fingerprint density at radius 2 is 1.62 bits per heavy atom. The Labute approximate surface area is 199 Å². The number of ether oxygens (including phenoxy) is 4.